The van der Waals surface area contributed by atoms with Crippen molar-refractivity contribution in [3.05, 3.63) is 59.3 Å². The summed E-state index contributed by atoms with van der Waals surface area (Å²) in [6, 6.07) is 12.3. The van der Waals surface area contributed by atoms with Gasteiger partial charge in [0.2, 0.25) is 0 Å². The Morgan fingerprint density at radius 2 is 1.88 bits per heavy atom. The standard InChI is InChI=1S/C22H20N4/c23-12-14-11-13(5-6-18(14)24)22-16-4-2-1-3-15(16)21-17-9-10-25-19(17)7-8-20(21)26-22/h5-12,23,25H,1-4,24H2. The van der Waals surface area contributed by atoms with Gasteiger partial charge in [-0.15, -0.1) is 0 Å². The number of nitrogens with zero attached hydrogens (tertiary/aromatic N) is 1. The number of H-pyrrole nitrogens is 1. The molecule has 4 nitrogen and oxygen atoms in total. The molecule has 0 radical (unpaired) electrons. The van der Waals surface area contributed by atoms with Gasteiger partial charge in [0.1, 0.15) is 0 Å². The van der Waals surface area contributed by atoms with Crippen LogP contribution in [0, 0.1) is 5.41 Å². The zero-order chi connectivity index (χ0) is 17.7. The Bertz CT molecular complexity index is 1170. The molecule has 5 rings (SSSR count). The van der Waals surface area contributed by atoms with Crippen LogP contribution in [0.2, 0.25) is 0 Å². The van der Waals surface area contributed by atoms with E-state index in [1.54, 1.807) is 0 Å². The third-order valence-corrected chi connectivity index (χ3v) is 5.52. The van der Waals surface area contributed by atoms with Crippen LogP contribution in [0.15, 0.2) is 42.6 Å². The third kappa shape index (κ3) is 2.15. The van der Waals surface area contributed by atoms with Crippen LogP contribution < -0.4 is 5.73 Å². The second-order valence-corrected chi connectivity index (χ2v) is 7.01. The number of hydrogen-bond acceptors (Lipinski definition) is 3. The van der Waals surface area contributed by atoms with E-state index in [4.69, 9.17) is 16.1 Å². The van der Waals surface area contributed by atoms with Crippen molar-refractivity contribution >= 4 is 33.7 Å². The van der Waals surface area contributed by atoms with Crippen molar-refractivity contribution in [2.45, 2.75) is 25.7 Å². The Kier molecular flexibility index (Phi) is 3.32. The maximum Gasteiger partial charge on any atom is 0.0744 e. The summed E-state index contributed by atoms with van der Waals surface area (Å²) in [6.07, 6.45) is 7.89. The fourth-order valence-electron chi connectivity index (χ4n) is 4.25. The largest absolute Gasteiger partial charge is 0.398 e. The first kappa shape index (κ1) is 15.1. The number of nitrogen functional groups attached to an aromatic ring is 1. The first-order chi connectivity index (χ1) is 12.8. The lowest BCUT2D eigenvalue weighted by Gasteiger charge is -2.22. The molecule has 0 saturated heterocycles. The Balaban J connectivity index is 1.86. The Morgan fingerprint density at radius 3 is 2.73 bits per heavy atom. The zero-order valence-corrected chi connectivity index (χ0v) is 14.5. The van der Waals surface area contributed by atoms with Crippen LogP contribution in [0.3, 0.4) is 0 Å². The van der Waals surface area contributed by atoms with Gasteiger partial charge in [-0.2, -0.15) is 0 Å². The molecule has 0 atom stereocenters. The monoisotopic (exact) mass is 340 g/mol. The van der Waals surface area contributed by atoms with Crippen LogP contribution in [0.4, 0.5) is 5.69 Å². The predicted octanol–water partition coefficient (Wildman–Crippen LogP) is 4.84. The van der Waals surface area contributed by atoms with E-state index in [2.05, 4.69) is 23.2 Å². The van der Waals surface area contributed by atoms with Gasteiger partial charge in [0, 0.05) is 45.5 Å². The van der Waals surface area contributed by atoms with E-state index in [1.165, 1.54) is 46.5 Å². The molecule has 0 amide bonds. The molecule has 1 aliphatic carbocycles. The van der Waals surface area contributed by atoms with E-state index >= 15 is 0 Å². The minimum absolute atomic E-state index is 0.632. The van der Waals surface area contributed by atoms with Crippen molar-refractivity contribution in [1.82, 2.24) is 9.97 Å². The Labute approximate surface area is 151 Å². The van der Waals surface area contributed by atoms with Crippen LogP contribution in [0.1, 0.15) is 29.5 Å². The fourth-order valence-corrected chi connectivity index (χ4v) is 4.25. The summed E-state index contributed by atoms with van der Waals surface area (Å²) >= 11 is 0. The number of aryl methyl sites for hydroxylation is 1. The highest BCUT2D eigenvalue weighted by Crippen LogP contribution is 2.38. The number of pyridine rings is 1. The lowest BCUT2D eigenvalue weighted by Crippen LogP contribution is -2.08. The predicted molar refractivity (Wildman–Crippen MR) is 108 cm³/mol. The Morgan fingerprint density at radius 1 is 1.04 bits per heavy atom. The van der Waals surface area contributed by atoms with E-state index < -0.39 is 0 Å². The smallest absolute Gasteiger partial charge is 0.0744 e. The number of anilines is 1. The van der Waals surface area contributed by atoms with Crippen molar-refractivity contribution < 1.29 is 0 Å². The van der Waals surface area contributed by atoms with Crippen molar-refractivity contribution in [3.63, 3.8) is 0 Å². The molecule has 4 aromatic rings. The molecular formula is C22H20N4. The molecule has 0 saturated carbocycles. The summed E-state index contributed by atoms with van der Waals surface area (Å²) in [5.41, 5.74) is 14.5. The van der Waals surface area contributed by atoms with Gasteiger partial charge in [0.05, 0.1) is 11.2 Å². The lowest BCUT2D eigenvalue weighted by atomic mass is 9.85. The van der Waals surface area contributed by atoms with Gasteiger partial charge < -0.3 is 16.1 Å². The van der Waals surface area contributed by atoms with Crippen LogP contribution in [0.25, 0.3) is 33.1 Å². The van der Waals surface area contributed by atoms with E-state index in [-0.39, 0.29) is 0 Å². The molecule has 2 aromatic carbocycles. The van der Waals surface area contributed by atoms with Crippen LogP contribution in [-0.2, 0) is 12.8 Å². The summed E-state index contributed by atoms with van der Waals surface area (Å²) in [6.45, 7) is 0. The molecule has 2 aromatic heterocycles. The summed E-state index contributed by atoms with van der Waals surface area (Å²) < 4.78 is 0. The number of fused-ring (bicyclic) bond motifs is 5. The average molecular weight is 340 g/mol. The van der Waals surface area contributed by atoms with Crippen molar-refractivity contribution in [2.24, 2.45) is 0 Å². The van der Waals surface area contributed by atoms with E-state index in [0.717, 1.165) is 35.2 Å². The van der Waals surface area contributed by atoms with Crippen molar-refractivity contribution in [2.75, 3.05) is 5.73 Å². The van der Waals surface area contributed by atoms with Crippen LogP contribution >= 0.6 is 0 Å². The number of aromatic nitrogens is 2. The molecule has 0 aliphatic heterocycles. The molecule has 26 heavy (non-hydrogen) atoms. The highest BCUT2D eigenvalue weighted by atomic mass is 14.7. The topological polar surface area (TPSA) is 78.5 Å². The van der Waals surface area contributed by atoms with Crippen molar-refractivity contribution in [3.8, 4) is 11.3 Å². The van der Waals surface area contributed by atoms with Crippen LogP contribution in [-0.4, -0.2) is 16.2 Å². The quantitative estimate of drug-likeness (QED) is 0.360. The third-order valence-electron chi connectivity index (χ3n) is 5.52. The van der Waals surface area contributed by atoms with E-state index in [1.807, 2.05) is 24.4 Å². The number of hydrogen-bond donors (Lipinski definition) is 3. The van der Waals surface area contributed by atoms with Gasteiger partial charge >= 0.3 is 0 Å². The number of nitrogens with one attached hydrogen (secondary N) is 2. The van der Waals surface area contributed by atoms with Crippen LogP contribution in [0.5, 0.6) is 0 Å². The highest BCUT2D eigenvalue weighted by molar-refractivity contribution is 6.08. The molecule has 4 heteroatoms. The molecule has 128 valence electrons. The molecule has 1 aliphatic rings. The number of aromatic amines is 1. The number of nitrogens with two attached hydrogens (primary N) is 1. The van der Waals surface area contributed by atoms with E-state index in [0.29, 0.717) is 5.69 Å². The second-order valence-electron chi connectivity index (χ2n) is 7.01. The Hall–Kier alpha value is -3.14. The van der Waals surface area contributed by atoms with E-state index in [9.17, 15) is 0 Å². The maximum atomic E-state index is 7.61. The van der Waals surface area contributed by atoms with Gasteiger partial charge in [0.25, 0.3) is 0 Å². The average Bonchev–Trinajstić information content (AvgIpc) is 3.16. The number of rotatable bonds is 2. The molecule has 4 N–H and O–H groups in total. The molecule has 2 heterocycles. The van der Waals surface area contributed by atoms with Gasteiger partial charge in [-0.3, -0.25) is 0 Å². The minimum atomic E-state index is 0.632. The molecule has 0 fully saturated rings. The molecule has 0 unspecified atom stereocenters. The van der Waals surface area contributed by atoms with Crippen molar-refractivity contribution in [1.29, 1.82) is 5.41 Å². The molecule has 0 spiro atoms. The SMILES string of the molecule is N=Cc1cc(-c2nc3ccc4[nH]ccc4c3c3c2CCCC3)ccc1N. The lowest BCUT2D eigenvalue weighted by molar-refractivity contribution is 0.689. The number of benzene rings is 2. The first-order valence-electron chi connectivity index (χ1n) is 9.08. The fraction of sp³-hybridized carbons (Fsp3) is 0.182. The summed E-state index contributed by atoms with van der Waals surface area (Å²) in [5, 5.41) is 10.2. The van der Waals surface area contributed by atoms with Gasteiger partial charge in [-0.05, 0) is 67.1 Å². The second kappa shape index (κ2) is 5.70. The molecular weight excluding hydrogens is 320 g/mol. The minimum Gasteiger partial charge on any atom is -0.398 e. The normalized spacial score (nSPS) is 13.8. The summed E-state index contributed by atoms with van der Waals surface area (Å²) in [5.74, 6) is 0. The summed E-state index contributed by atoms with van der Waals surface area (Å²) in [7, 11) is 0. The van der Waals surface area contributed by atoms with Gasteiger partial charge in [-0.1, -0.05) is 6.07 Å². The zero-order valence-electron chi connectivity index (χ0n) is 14.5. The highest BCUT2D eigenvalue weighted by Gasteiger charge is 2.21. The first-order valence-corrected chi connectivity index (χ1v) is 9.08. The van der Waals surface area contributed by atoms with Gasteiger partial charge in [-0.25, -0.2) is 4.98 Å². The molecule has 0 bridgehead atoms. The maximum absolute atomic E-state index is 7.61. The van der Waals surface area contributed by atoms with Gasteiger partial charge in [0.15, 0.2) is 0 Å². The summed E-state index contributed by atoms with van der Waals surface area (Å²) in [4.78, 5) is 8.38.